The van der Waals surface area contributed by atoms with Gasteiger partial charge >= 0.3 is 0 Å². The van der Waals surface area contributed by atoms with Crippen LogP contribution >= 0.6 is 11.6 Å². The maximum absolute atomic E-state index is 11.8. The molecule has 0 atom stereocenters. The van der Waals surface area contributed by atoms with Crippen molar-refractivity contribution in [1.82, 2.24) is 15.5 Å². The normalized spacial score (nSPS) is 14.4. The number of aliphatic imine (C=N–C) groups is 1. The molecule has 0 bridgehead atoms. The Hall–Kier alpha value is -2.53. The molecule has 148 valence electrons. The third-order valence-electron chi connectivity index (χ3n) is 4.84. The number of guanidine groups is 1. The number of rotatable bonds is 7. The van der Waals surface area contributed by atoms with Gasteiger partial charge in [-0.15, -0.1) is 0 Å². The number of amides is 1. The van der Waals surface area contributed by atoms with E-state index in [0.717, 1.165) is 36.9 Å². The monoisotopic (exact) mass is 398 g/mol. The van der Waals surface area contributed by atoms with Gasteiger partial charge in [0.2, 0.25) is 5.91 Å². The molecule has 1 heterocycles. The number of nitrogens with one attached hydrogen (secondary N) is 2. The minimum Gasteiger partial charge on any atom is -0.356 e. The molecule has 2 aromatic carbocycles. The van der Waals surface area contributed by atoms with E-state index in [1.807, 2.05) is 35.2 Å². The summed E-state index contributed by atoms with van der Waals surface area (Å²) in [6.07, 6.45) is 2.55. The molecule has 0 unspecified atom stereocenters. The van der Waals surface area contributed by atoms with E-state index in [0.29, 0.717) is 19.5 Å². The van der Waals surface area contributed by atoms with Crippen molar-refractivity contribution in [3.8, 4) is 0 Å². The number of hydrogen-bond acceptors (Lipinski definition) is 2. The quantitative estimate of drug-likeness (QED) is 0.555. The van der Waals surface area contributed by atoms with Crippen molar-refractivity contribution in [3.05, 3.63) is 70.2 Å². The van der Waals surface area contributed by atoms with Crippen LogP contribution in [-0.4, -0.2) is 36.9 Å². The van der Waals surface area contributed by atoms with Crippen molar-refractivity contribution in [2.75, 3.05) is 20.1 Å². The van der Waals surface area contributed by atoms with Crippen LogP contribution in [0, 0.1) is 0 Å². The zero-order valence-corrected chi connectivity index (χ0v) is 17.0. The first kappa shape index (κ1) is 20.2. The van der Waals surface area contributed by atoms with E-state index >= 15 is 0 Å². The molecule has 1 aliphatic heterocycles. The summed E-state index contributed by atoms with van der Waals surface area (Å²) < 4.78 is 0. The van der Waals surface area contributed by atoms with Gasteiger partial charge in [-0.05, 0) is 41.7 Å². The van der Waals surface area contributed by atoms with Crippen LogP contribution in [0.4, 0.5) is 0 Å². The second-order valence-corrected chi connectivity index (χ2v) is 7.40. The summed E-state index contributed by atoms with van der Waals surface area (Å²) in [5.41, 5.74) is 3.57. The third kappa shape index (κ3) is 5.99. The van der Waals surface area contributed by atoms with E-state index in [2.05, 4.69) is 33.8 Å². The van der Waals surface area contributed by atoms with Crippen molar-refractivity contribution in [2.45, 2.75) is 32.4 Å². The van der Waals surface area contributed by atoms with Gasteiger partial charge in [-0.2, -0.15) is 0 Å². The summed E-state index contributed by atoms with van der Waals surface area (Å²) in [4.78, 5) is 18.0. The van der Waals surface area contributed by atoms with Crippen LogP contribution in [0.5, 0.6) is 0 Å². The van der Waals surface area contributed by atoms with Crippen LogP contribution in [0.2, 0.25) is 5.02 Å². The lowest BCUT2D eigenvalue weighted by Gasteiger charge is -2.16. The van der Waals surface area contributed by atoms with Crippen LogP contribution < -0.4 is 10.6 Å². The highest BCUT2D eigenvalue weighted by atomic mass is 35.5. The Morgan fingerprint density at radius 1 is 1.11 bits per heavy atom. The Balaban J connectivity index is 1.46. The van der Waals surface area contributed by atoms with Crippen molar-refractivity contribution in [2.24, 2.45) is 4.99 Å². The summed E-state index contributed by atoms with van der Waals surface area (Å²) in [7, 11) is 1.77. The second-order valence-electron chi connectivity index (χ2n) is 6.97. The molecule has 2 aromatic rings. The van der Waals surface area contributed by atoms with E-state index in [9.17, 15) is 4.79 Å². The van der Waals surface area contributed by atoms with Crippen LogP contribution in [0.15, 0.2) is 53.5 Å². The molecule has 1 saturated heterocycles. The minimum atomic E-state index is 0.258. The van der Waals surface area contributed by atoms with Crippen molar-refractivity contribution >= 4 is 23.5 Å². The number of hydrogen-bond donors (Lipinski definition) is 2. The molecule has 6 heteroatoms. The Morgan fingerprint density at radius 3 is 2.61 bits per heavy atom. The lowest BCUT2D eigenvalue weighted by molar-refractivity contribution is -0.128. The van der Waals surface area contributed by atoms with Gasteiger partial charge < -0.3 is 15.5 Å². The molecule has 0 aliphatic carbocycles. The standard InChI is InChI=1S/C22H27ClN4O/c1-24-22(25-12-11-17-7-9-20(23)10-8-17)26-15-18-4-2-5-19(14-18)16-27-13-3-6-21(27)28/h2,4-5,7-10,14H,3,6,11-13,15-16H2,1H3,(H2,24,25,26). The average Bonchev–Trinajstić information content (AvgIpc) is 3.11. The van der Waals surface area contributed by atoms with E-state index in [-0.39, 0.29) is 5.91 Å². The van der Waals surface area contributed by atoms with Gasteiger partial charge in [0, 0.05) is 44.7 Å². The molecule has 0 spiro atoms. The Labute approximate surface area is 171 Å². The lowest BCUT2D eigenvalue weighted by atomic mass is 10.1. The molecule has 28 heavy (non-hydrogen) atoms. The molecule has 0 saturated carbocycles. The summed E-state index contributed by atoms with van der Waals surface area (Å²) >= 11 is 5.92. The Morgan fingerprint density at radius 2 is 1.89 bits per heavy atom. The molecule has 1 aliphatic rings. The van der Waals surface area contributed by atoms with Gasteiger partial charge in [0.15, 0.2) is 5.96 Å². The molecular formula is C22H27ClN4O. The van der Waals surface area contributed by atoms with E-state index < -0.39 is 0 Å². The first-order valence-electron chi connectivity index (χ1n) is 9.68. The molecule has 3 rings (SSSR count). The largest absolute Gasteiger partial charge is 0.356 e. The van der Waals surface area contributed by atoms with Gasteiger partial charge in [0.1, 0.15) is 0 Å². The Bertz CT molecular complexity index is 820. The second kappa shape index (κ2) is 10.1. The van der Waals surface area contributed by atoms with Crippen LogP contribution in [0.1, 0.15) is 29.5 Å². The van der Waals surface area contributed by atoms with Crippen LogP contribution in [0.25, 0.3) is 0 Å². The predicted molar refractivity (Wildman–Crippen MR) is 114 cm³/mol. The van der Waals surface area contributed by atoms with Gasteiger partial charge in [-0.3, -0.25) is 9.79 Å². The fourth-order valence-corrected chi connectivity index (χ4v) is 3.44. The smallest absolute Gasteiger partial charge is 0.222 e. The van der Waals surface area contributed by atoms with E-state index in [1.54, 1.807) is 7.05 Å². The van der Waals surface area contributed by atoms with Crippen LogP contribution in [0.3, 0.4) is 0 Å². The SMILES string of the molecule is CN=C(NCCc1ccc(Cl)cc1)NCc1cccc(CN2CCCC2=O)c1. The third-order valence-corrected chi connectivity index (χ3v) is 5.09. The topological polar surface area (TPSA) is 56.7 Å². The molecule has 1 fully saturated rings. The zero-order valence-electron chi connectivity index (χ0n) is 16.2. The van der Waals surface area contributed by atoms with Gasteiger partial charge in [-0.25, -0.2) is 0 Å². The average molecular weight is 399 g/mol. The van der Waals surface area contributed by atoms with E-state index in [1.165, 1.54) is 16.7 Å². The highest BCUT2D eigenvalue weighted by Crippen LogP contribution is 2.15. The minimum absolute atomic E-state index is 0.258. The fraction of sp³-hybridized carbons (Fsp3) is 0.364. The molecule has 0 aromatic heterocycles. The molecule has 0 radical (unpaired) electrons. The molecule has 1 amide bonds. The summed E-state index contributed by atoms with van der Waals surface area (Å²) in [6.45, 7) is 3.03. The summed E-state index contributed by atoms with van der Waals surface area (Å²) in [5.74, 6) is 1.03. The highest BCUT2D eigenvalue weighted by molar-refractivity contribution is 6.30. The number of carbonyl (C=O) groups excluding carboxylic acids is 1. The zero-order chi connectivity index (χ0) is 19.8. The molecule has 2 N–H and O–H groups in total. The predicted octanol–water partition coefficient (Wildman–Crippen LogP) is 3.37. The first-order chi connectivity index (χ1) is 13.6. The highest BCUT2D eigenvalue weighted by Gasteiger charge is 2.19. The van der Waals surface area contributed by atoms with E-state index in [4.69, 9.17) is 11.6 Å². The van der Waals surface area contributed by atoms with Crippen molar-refractivity contribution in [1.29, 1.82) is 0 Å². The summed E-state index contributed by atoms with van der Waals surface area (Å²) in [6, 6.07) is 16.3. The molecule has 5 nitrogen and oxygen atoms in total. The van der Waals surface area contributed by atoms with Crippen LogP contribution in [-0.2, 0) is 24.3 Å². The van der Waals surface area contributed by atoms with Gasteiger partial charge in [-0.1, -0.05) is 48.0 Å². The number of likely N-dealkylation sites (tertiary alicyclic amines) is 1. The van der Waals surface area contributed by atoms with Gasteiger partial charge in [0.25, 0.3) is 0 Å². The maximum atomic E-state index is 11.8. The van der Waals surface area contributed by atoms with Crippen molar-refractivity contribution < 1.29 is 4.79 Å². The van der Waals surface area contributed by atoms with Crippen molar-refractivity contribution in [3.63, 3.8) is 0 Å². The Kier molecular flexibility index (Phi) is 7.31. The maximum Gasteiger partial charge on any atom is 0.222 e. The number of benzene rings is 2. The van der Waals surface area contributed by atoms with Gasteiger partial charge in [0.05, 0.1) is 0 Å². The number of halogens is 1. The number of nitrogens with zero attached hydrogens (tertiary/aromatic N) is 2. The molecular weight excluding hydrogens is 372 g/mol. The number of carbonyl (C=O) groups is 1. The first-order valence-corrected chi connectivity index (χ1v) is 10.1. The summed E-state index contributed by atoms with van der Waals surface area (Å²) in [5, 5.41) is 7.44. The fourth-order valence-electron chi connectivity index (χ4n) is 3.31. The lowest BCUT2D eigenvalue weighted by Crippen LogP contribution is -2.37.